The fourth-order valence-corrected chi connectivity index (χ4v) is 3.85. The lowest BCUT2D eigenvalue weighted by atomic mass is 10.1. The number of para-hydroxylation sites is 1. The van der Waals surface area contributed by atoms with Gasteiger partial charge in [-0.25, -0.2) is 0 Å². The summed E-state index contributed by atoms with van der Waals surface area (Å²) in [5.74, 6) is -0.431. The molecule has 0 spiro atoms. The van der Waals surface area contributed by atoms with Gasteiger partial charge in [0.2, 0.25) is 0 Å². The van der Waals surface area contributed by atoms with Gasteiger partial charge >= 0.3 is 0 Å². The Labute approximate surface area is 192 Å². The van der Waals surface area contributed by atoms with Gasteiger partial charge in [-0.2, -0.15) is 5.26 Å². The summed E-state index contributed by atoms with van der Waals surface area (Å²) in [6.45, 7) is 2.66. The number of aryl methyl sites for hydroxylation is 1. The van der Waals surface area contributed by atoms with Crippen LogP contribution in [0.5, 0.6) is 0 Å². The van der Waals surface area contributed by atoms with E-state index in [2.05, 4.69) is 16.8 Å². The summed E-state index contributed by atoms with van der Waals surface area (Å²) in [6.07, 6.45) is 4.52. The van der Waals surface area contributed by atoms with E-state index in [1.807, 2.05) is 85.1 Å². The Morgan fingerprint density at radius 1 is 1.06 bits per heavy atom. The number of hydrogen-bond donors (Lipinski definition) is 1. The van der Waals surface area contributed by atoms with Crippen molar-refractivity contribution >= 4 is 40.2 Å². The largest absolute Gasteiger partial charge is 0.342 e. The number of aromatic nitrogens is 1. The van der Waals surface area contributed by atoms with Crippen LogP contribution in [-0.4, -0.2) is 10.5 Å². The Bertz CT molecular complexity index is 1340. The highest BCUT2D eigenvalue weighted by Gasteiger charge is 2.13. The summed E-state index contributed by atoms with van der Waals surface area (Å²) in [7, 11) is 0. The minimum atomic E-state index is -0.431. The van der Waals surface area contributed by atoms with Crippen molar-refractivity contribution in [3.05, 3.63) is 106 Å². The highest BCUT2D eigenvalue weighted by atomic mass is 35.5. The second kappa shape index (κ2) is 9.55. The van der Waals surface area contributed by atoms with E-state index in [0.717, 1.165) is 28.5 Å². The topological polar surface area (TPSA) is 57.8 Å². The molecule has 0 aliphatic rings. The number of carbonyl (C=O) groups excluding carboxylic acids is 1. The van der Waals surface area contributed by atoms with E-state index < -0.39 is 5.91 Å². The third-order valence-electron chi connectivity index (χ3n) is 5.40. The van der Waals surface area contributed by atoms with Gasteiger partial charge in [0, 0.05) is 39.9 Å². The lowest BCUT2D eigenvalue weighted by Crippen LogP contribution is -2.13. The van der Waals surface area contributed by atoms with Crippen molar-refractivity contribution in [1.29, 1.82) is 5.26 Å². The molecule has 0 aliphatic carbocycles. The molecule has 0 radical (unpaired) electrons. The molecule has 0 atom stereocenters. The first kappa shape index (κ1) is 21.4. The molecule has 32 heavy (non-hydrogen) atoms. The number of carbonyl (C=O) groups is 1. The second-order valence-corrected chi connectivity index (χ2v) is 7.90. The number of hydrogen-bond acceptors (Lipinski definition) is 2. The molecule has 5 heteroatoms. The molecule has 158 valence electrons. The number of nitrogens with one attached hydrogen (secondary N) is 1. The quantitative estimate of drug-likeness (QED) is 0.277. The van der Waals surface area contributed by atoms with E-state index in [0.29, 0.717) is 17.3 Å². The number of fused-ring (bicyclic) bond motifs is 1. The van der Waals surface area contributed by atoms with Gasteiger partial charge in [-0.05, 0) is 47.9 Å². The molecule has 0 saturated carbocycles. The Kier molecular flexibility index (Phi) is 6.39. The van der Waals surface area contributed by atoms with E-state index in [9.17, 15) is 10.1 Å². The maximum atomic E-state index is 12.8. The van der Waals surface area contributed by atoms with Crippen LogP contribution in [0.3, 0.4) is 0 Å². The normalized spacial score (nSPS) is 11.3. The van der Waals surface area contributed by atoms with Crippen LogP contribution in [-0.2, 0) is 17.8 Å². The van der Waals surface area contributed by atoms with E-state index in [-0.39, 0.29) is 5.57 Å². The molecular weight excluding hydrogens is 418 g/mol. The van der Waals surface area contributed by atoms with Crippen LogP contribution in [0.15, 0.2) is 84.6 Å². The van der Waals surface area contributed by atoms with Gasteiger partial charge in [0.25, 0.3) is 5.91 Å². The second-order valence-electron chi connectivity index (χ2n) is 7.50. The monoisotopic (exact) mass is 439 g/mol. The highest BCUT2D eigenvalue weighted by Crippen LogP contribution is 2.26. The molecule has 0 unspecified atom stereocenters. The van der Waals surface area contributed by atoms with Crippen molar-refractivity contribution in [1.82, 2.24) is 4.57 Å². The van der Waals surface area contributed by atoms with Gasteiger partial charge in [-0.3, -0.25) is 4.79 Å². The van der Waals surface area contributed by atoms with Crippen molar-refractivity contribution in [2.45, 2.75) is 19.9 Å². The van der Waals surface area contributed by atoms with Crippen molar-refractivity contribution in [2.24, 2.45) is 0 Å². The average molecular weight is 440 g/mol. The number of amides is 1. The predicted molar refractivity (Wildman–Crippen MR) is 131 cm³/mol. The maximum absolute atomic E-state index is 12.8. The average Bonchev–Trinajstić information content (AvgIpc) is 3.16. The van der Waals surface area contributed by atoms with Crippen LogP contribution in [0.2, 0.25) is 5.02 Å². The zero-order valence-corrected chi connectivity index (χ0v) is 18.4. The van der Waals surface area contributed by atoms with Crippen molar-refractivity contribution in [3.8, 4) is 6.07 Å². The Morgan fingerprint density at radius 3 is 2.50 bits per heavy atom. The molecule has 1 heterocycles. The third kappa shape index (κ3) is 4.59. The van der Waals surface area contributed by atoms with Crippen LogP contribution in [0.25, 0.3) is 17.0 Å². The zero-order chi connectivity index (χ0) is 22.5. The van der Waals surface area contributed by atoms with Gasteiger partial charge in [-0.1, -0.05) is 67.1 Å². The van der Waals surface area contributed by atoms with Crippen molar-refractivity contribution in [3.63, 3.8) is 0 Å². The summed E-state index contributed by atoms with van der Waals surface area (Å²) >= 11 is 6.36. The number of rotatable bonds is 6. The Morgan fingerprint density at radius 2 is 1.78 bits per heavy atom. The number of benzene rings is 3. The molecule has 1 aromatic heterocycles. The molecule has 4 nitrogen and oxygen atoms in total. The molecule has 3 aromatic carbocycles. The summed E-state index contributed by atoms with van der Waals surface area (Å²) in [6, 6.07) is 25.3. The van der Waals surface area contributed by atoms with E-state index in [1.54, 1.807) is 6.08 Å². The molecule has 0 fully saturated rings. The van der Waals surface area contributed by atoms with E-state index in [4.69, 9.17) is 11.6 Å². The van der Waals surface area contributed by atoms with Crippen LogP contribution in [0, 0.1) is 11.3 Å². The minimum absolute atomic E-state index is 0.0465. The van der Waals surface area contributed by atoms with Crippen molar-refractivity contribution < 1.29 is 4.79 Å². The molecule has 0 bridgehead atoms. The van der Waals surface area contributed by atoms with Gasteiger partial charge in [0.05, 0.1) is 0 Å². The standard InChI is InChI=1S/C27H22ClN3O/c1-2-19-11-13-23(14-12-19)30-27(32)21(16-29)15-22-18-31(26-10-6-4-8-24(22)26)17-20-7-3-5-9-25(20)28/h3-15,18H,2,17H2,1H3,(H,30,32). The summed E-state index contributed by atoms with van der Waals surface area (Å²) < 4.78 is 2.08. The molecule has 4 aromatic rings. The minimum Gasteiger partial charge on any atom is -0.342 e. The van der Waals surface area contributed by atoms with E-state index >= 15 is 0 Å². The Hall–Kier alpha value is -3.81. The molecule has 1 N–H and O–H groups in total. The maximum Gasteiger partial charge on any atom is 0.266 e. The summed E-state index contributed by atoms with van der Waals surface area (Å²) in [4.78, 5) is 12.8. The summed E-state index contributed by atoms with van der Waals surface area (Å²) in [5.41, 5.74) is 4.71. The third-order valence-corrected chi connectivity index (χ3v) is 5.77. The molecular formula is C27H22ClN3O. The first-order valence-corrected chi connectivity index (χ1v) is 10.8. The molecule has 4 rings (SSSR count). The fraction of sp³-hybridized carbons (Fsp3) is 0.111. The van der Waals surface area contributed by atoms with Gasteiger partial charge in [0.15, 0.2) is 0 Å². The molecule has 1 amide bonds. The predicted octanol–water partition coefficient (Wildman–Crippen LogP) is 6.45. The van der Waals surface area contributed by atoms with Gasteiger partial charge in [-0.15, -0.1) is 0 Å². The van der Waals surface area contributed by atoms with Crippen molar-refractivity contribution in [2.75, 3.05) is 5.32 Å². The first-order valence-electron chi connectivity index (χ1n) is 10.4. The van der Waals surface area contributed by atoms with Crippen LogP contribution >= 0.6 is 11.6 Å². The number of nitrogens with zero attached hydrogens (tertiary/aromatic N) is 2. The lowest BCUT2D eigenvalue weighted by molar-refractivity contribution is -0.112. The SMILES string of the molecule is CCc1ccc(NC(=O)C(C#N)=Cc2cn(Cc3ccccc3Cl)c3ccccc23)cc1. The first-order chi connectivity index (χ1) is 15.6. The number of halogens is 1. The van der Waals surface area contributed by atoms with Crippen LogP contribution in [0.1, 0.15) is 23.6 Å². The number of nitriles is 1. The highest BCUT2D eigenvalue weighted by molar-refractivity contribution is 6.31. The van der Waals surface area contributed by atoms with E-state index in [1.165, 1.54) is 5.56 Å². The lowest BCUT2D eigenvalue weighted by Gasteiger charge is -2.07. The Balaban J connectivity index is 1.66. The molecule has 0 saturated heterocycles. The molecule has 0 aliphatic heterocycles. The number of anilines is 1. The van der Waals surface area contributed by atoms with Gasteiger partial charge in [0.1, 0.15) is 11.6 Å². The van der Waals surface area contributed by atoms with Gasteiger partial charge < -0.3 is 9.88 Å². The fourth-order valence-electron chi connectivity index (χ4n) is 3.66. The zero-order valence-electron chi connectivity index (χ0n) is 17.7. The smallest absolute Gasteiger partial charge is 0.266 e. The van der Waals surface area contributed by atoms with Crippen LogP contribution in [0.4, 0.5) is 5.69 Å². The van der Waals surface area contributed by atoms with Crippen LogP contribution < -0.4 is 5.32 Å². The summed E-state index contributed by atoms with van der Waals surface area (Å²) in [5, 5.41) is 14.1.